The molecule has 0 spiro atoms. The summed E-state index contributed by atoms with van der Waals surface area (Å²) in [7, 11) is 0. The van der Waals surface area contributed by atoms with Gasteiger partial charge < -0.3 is 15.9 Å². The molecule has 132 valence electrons. The summed E-state index contributed by atoms with van der Waals surface area (Å²) in [4.78, 5) is 0. The summed E-state index contributed by atoms with van der Waals surface area (Å²) in [5.41, 5.74) is 11.2. The van der Waals surface area contributed by atoms with Crippen molar-refractivity contribution in [3.05, 3.63) is 91.0 Å². The number of nitrogens with two attached hydrogens (primary N) is 1. The minimum atomic E-state index is 0.0466. The van der Waals surface area contributed by atoms with E-state index in [2.05, 4.69) is 0 Å². The van der Waals surface area contributed by atoms with Crippen LogP contribution >= 0.6 is 0 Å². The number of hydrogen-bond acceptors (Lipinski definition) is 3. The molecule has 3 nitrogen and oxygen atoms in total. The number of benzene rings is 4. The Morgan fingerprint density at radius 3 is 1.63 bits per heavy atom. The lowest BCUT2D eigenvalue weighted by atomic mass is 9.95. The van der Waals surface area contributed by atoms with Crippen LogP contribution in [0.5, 0.6) is 11.5 Å². The quantitative estimate of drug-likeness (QED) is 0.328. The average molecular weight is 353 g/mol. The second-order valence-electron chi connectivity index (χ2n) is 6.39. The fraction of sp³-hybridized carbons (Fsp3) is 0. The van der Waals surface area contributed by atoms with E-state index in [9.17, 15) is 10.2 Å². The predicted molar refractivity (Wildman–Crippen MR) is 110 cm³/mol. The lowest BCUT2D eigenvalue weighted by Crippen LogP contribution is -1.93. The molecular formula is C24H19NO2. The minimum Gasteiger partial charge on any atom is -0.507 e. The number of nitrogen functional groups attached to an aromatic ring is 1. The molecule has 4 aromatic rings. The van der Waals surface area contributed by atoms with Gasteiger partial charge in [-0.05, 0) is 28.8 Å². The van der Waals surface area contributed by atoms with Crippen molar-refractivity contribution in [3.63, 3.8) is 0 Å². The van der Waals surface area contributed by atoms with Crippen LogP contribution in [0.15, 0.2) is 91.0 Å². The van der Waals surface area contributed by atoms with Crippen molar-refractivity contribution in [2.75, 3.05) is 5.73 Å². The Morgan fingerprint density at radius 2 is 1.04 bits per heavy atom. The molecule has 0 fully saturated rings. The Morgan fingerprint density at radius 1 is 0.519 bits per heavy atom. The summed E-state index contributed by atoms with van der Waals surface area (Å²) < 4.78 is 0. The minimum absolute atomic E-state index is 0.0466. The highest BCUT2D eigenvalue weighted by molar-refractivity contribution is 5.89. The molecule has 0 aliphatic heterocycles. The lowest BCUT2D eigenvalue weighted by molar-refractivity contribution is 0.477. The van der Waals surface area contributed by atoms with E-state index in [0.29, 0.717) is 16.8 Å². The molecule has 4 rings (SSSR count). The van der Waals surface area contributed by atoms with Gasteiger partial charge in [-0.3, -0.25) is 0 Å². The van der Waals surface area contributed by atoms with Gasteiger partial charge in [0.15, 0.2) is 0 Å². The first-order valence-electron chi connectivity index (χ1n) is 8.71. The molecule has 0 aromatic heterocycles. The Balaban J connectivity index is 1.76. The highest BCUT2D eigenvalue weighted by Crippen LogP contribution is 2.42. The highest BCUT2D eigenvalue weighted by Gasteiger charge is 2.14. The van der Waals surface area contributed by atoms with Gasteiger partial charge >= 0.3 is 0 Å². The molecule has 3 heteroatoms. The van der Waals surface area contributed by atoms with Crippen molar-refractivity contribution < 1.29 is 10.2 Å². The maximum Gasteiger partial charge on any atom is 0.146 e. The fourth-order valence-electron chi connectivity index (χ4n) is 3.27. The third kappa shape index (κ3) is 3.11. The summed E-state index contributed by atoms with van der Waals surface area (Å²) in [6.45, 7) is 0. The van der Waals surface area contributed by atoms with E-state index in [1.54, 1.807) is 6.07 Å². The zero-order valence-electron chi connectivity index (χ0n) is 14.6. The van der Waals surface area contributed by atoms with Crippen molar-refractivity contribution in [1.82, 2.24) is 0 Å². The normalized spacial score (nSPS) is 10.7. The van der Waals surface area contributed by atoms with Crippen molar-refractivity contribution in [2.24, 2.45) is 0 Å². The lowest BCUT2D eigenvalue weighted by Gasteiger charge is -2.13. The Labute approximate surface area is 158 Å². The summed E-state index contributed by atoms with van der Waals surface area (Å²) in [6, 6.07) is 28.5. The SMILES string of the molecule is Nc1c(-c2ccc(-c3ccccc3)c(O)c2)ccc(-c2ccccc2)c1O. The Hall–Kier alpha value is -3.72. The van der Waals surface area contributed by atoms with E-state index in [1.807, 2.05) is 84.9 Å². The van der Waals surface area contributed by atoms with Gasteiger partial charge in [-0.1, -0.05) is 78.9 Å². The number of aromatic hydroxyl groups is 2. The second kappa shape index (κ2) is 6.89. The van der Waals surface area contributed by atoms with Crippen molar-refractivity contribution >= 4 is 5.69 Å². The summed E-state index contributed by atoms with van der Waals surface area (Å²) >= 11 is 0. The molecule has 4 N–H and O–H groups in total. The van der Waals surface area contributed by atoms with Crippen molar-refractivity contribution in [1.29, 1.82) is 0 Å². The molecule has 0 radical (unpaired) electrons. The monoisotopic (exact) mass is 353 g/mol. The number of hydrogen-bond donors (Lipinski definition) is 3. The van der Waals surface area contributed by atoms with Crippen LogP contribution in [0.2, 0.25) is 0 Å². The topological polar surface area (TPSA) is 66.5 Å². The van der Waals surface area contributed by atoms with Gasteiger partial charge in [-0.25, -0.2) is 0 Å². The fourth-order valence-corrected chi connectivity index (χ4v) is 3.27. The van der Waals surface area contributed by atoms with Crippen LogP contribution in [0.1, 0.15) is 0 Å². The van der Waals surface area contributed by atoms with Gasteiger partial charge in [-0.15, -0.1) is 0 Å². The third-order valence-corrected chi connectivity index (χ3v) is 4.70. The van der Waals surface area contributed by atoms with E-state index in [1.165, 1.54) is 0 Å². The first-order valence-corrected chi connectivity index (χ1v) is 8.71. The van der Waals surface area contributed by atoms with Crippen LogP contribution in [0.3, 0.4) is 0 Å². The van der Waals surface area contributed by atoms with Crippen LogP contribution in [-0.4, -0.2) is 10.2 Å². The Bertz CT molecular complexity index is 1090. The maximum atomic E-state index is 10.6. The van der Waals surface area contributed by atoms with E-state index in [4.69, 9.17) is 5.73 Å². The van der Waals surface area contributed by atoms with E-state index in [-0.39, 0.29) is 11.5 Å². The largest absolute Gasteiger partial charge is 0.507 e. The van der Waals surface area contributed by atoms with Crippen LogP contribution < -0.4 is 5.73 Å². The zero-order chi connectivity index (χ0) is 18.8. The standard InChI is InChI=1S/C24H19NO2/c25-23-20(13-14-21(24(23)27)17-9-5-2-6-10-17)18-11-12-19(22(26)15-18)16-7-3-1-4-8-16/h1-15,26-27H,25H2. The van der Waals surface area contributed by atoms with Gasteiger partial charge in [0.2, 0.25) is 0 Å². The first kappa shape index (κ1) is 16.7. The molecule has 0 amide bonds. The maximum absolute atomic E-state index is 10.6. The number of anilines is 1. The summed E-state index contributed by atoms with van der Waals surface area (Å²) in [5, 5.41) is 21.1. The molecule has 0 aliphatic carbocycles. The van der Waals surface area contributed by atoms with Crippen LogP contribution in [-0.2, 0) is 0 Å². The van der Waals surface area contributed by atoms with E-state index < -0.39 is 0 Å². The van der Waals surface area contributed by atoms with Crippen LogP contribution in [0.4, 0.5) is 5.69 Å². The smallest absolute Gasteiger partial charge is 0.146 e. The number of rotatable bonds is 3. The molecule has 0 saturated heterocycles. The average Bonchev–Trinajstić information content (AvgIpc) is 2.71. The van der Waals surface area contributed by atoms with E-state index >= 15 is 0 Å². The zero-order valence-corrected chi connectivity index (χ0v) is 14.6. The second-order valence-corrected chi connectivity index (χ2v) is 6.39. The van der Waals surface area contributed by atoms with Gasteiger partial charge in [0.1, 0.15) is 11.5 Å². The molecule has 0 heterocycles. The molecule has 0 aliphatic rings. The molecule has 0 bridgehead atoms. The molecule has 27 heavy (non-hydrogen) atoms. The van der Waals surface area contributed by atoms with Crippen LogP contribution in [0, 0.1) is 0 Å². The number of phenols is 2. The van der Waals surface area contributed by atoms with Gasteiger partial charge in [0.05, 0.1) is 5.69 Å². The first-order chi connectivity index (χ1) is 13.1. The molecule has 0 atom stereocenters. The van der Waals surface area contributed by atoms with Gasteiger partial charge in [0.25, 0.3) is 0 Å². The van der Waals surface area contributed by atoms with Gasteiger partial charge in [0, 0.05) is 16.7 Å². The molecule has 0 unspecified atom stereocenters. The molecular weight excluding hydrogens is 334 g/mol. The molecule has 0 saturated carbocycles. The molecule has 4 aromatic carbocycles. The summed E-state index contributed by atoms with van der Waals surface area (Å²) in [6.07, 6.45) is 0. The van der Waals surface area contributed by atoms with Crippen molar-refractivity contribution in [3.8, 4) is 44.9 Å². The summed E-state index contributed by atoms with van der Waals surface area (Å²) in [5.74, 6) is 0.218. The van der Waals surface area contributed by atoms with Crippen molar-refractivity contribution in [2.45, 2.75) is 0 Å². The highest BCUT2D eigenvalue weighted by atomic mass is 16.3. The predicted octanol–water partition coefficient (Wildman–Crippen LogP) is 5.68. The van der Waals surface area contributed by atoms with E-state index in [0.717, 1.165) is 22.3 Å². The number of phenolic OH excluding ortho intramolecular Hbond substituents is 2. The van der Waals surface area contributed by atoms with Gasteiger partial charge in [-0.2, -0.15) is 0 Å². The van der Waals surface area contributed by atoms with Crippen LogP contribution in [0.25, 0.3) is 33.4 Å². The Kier molecular flexibility index (Phi) is 4.27. The third-order valence-electron chi connectivity index (χ3n) is 4.70.